The number of nitrogens with two attached hydrogens (primary N) is 1. The van der Waals surface area contributed by atoms with Crippen molar-refractivity contribution in [3.8, 4) is 5.69 Å². The third-order valence-corrected chi connectivity index (χ3v) is 2.69. The van der Waals surface area contributed by atoms with E-state index in [1.807, 2.05) is 42.8 Å². The van der Waals surface area contributed by atoms with Gasteiger partial charge in [0, 0.05) is 16.9 Å². The maximum atomic E-state index is 6.05. The molecule has 0 unspecified atom stereocenters. The predicted molar refractivity (Wildman–Crippen MR) is 62.5 cm³/mol. The number of nitrogens with zero attached hydrogens (tertiary/aromatic N) is 2. The fourth-order valence-electron chi connectivity index (χ4n) is 1.45. The van der Waals surface area contributed by atoms with Gasteiger partial charge in [0.25, 0.3) is 0 Å². The van der Waals surface area contributed by atoms with Crippen molar-refractivity contribution in [2.75, 3.05) is 5.73 Å². The van der Waals surface area contributed by atoms with Gasteiger partial charge in [0.2, 0.25) is 5.95 Å². The lowest BCUT2D eigenvalue weighted by atomic mass is 10.2. The zero-order valence-electron chi connectivity index (χ0n) is 8.66. The average Bonchev–Trinajstić information content (AvgIpc) is 2.50. The lowest BCUT2D eigenvalue weighted by Gasteiger charge is -2.06. The summed E-state index contributed by atoms with van der Waals surface area (Å²) in [6, 6.07) is 5.82. The average molecular weight is 222 g/mol. The summed E-state index contributed by atoms with van der Waals surface area (Å²) in [5, 5.41) is 0.734. The Morgan fingerprint density at radius 3 is 2.60 bits per heavy atom. The summed E-state index contributed by atoms with van der Waals surface area (Å²) < 4.78 is 1.82. The number of nitrogen functional groups attached to an aromatic ring is 1. The van der Waals surface area contributed by atoms with Gasteiger partial charge < -0.3 is 5.73 Å². The Bertz CT molecular complexity index is 503. The summed E-state index contributed by atoms with van der Waals surface area (Å²) in [5.74, 6) is 0.479. The van der Waals surface area contributed by atoms with E-state index in [0.717, 1.165) is 22.0 Å². The fraction of sp³-hybridized carbons (Fsp3) is 0.182. The van der Waals surface area contributed by atoms with Crippen LogP contribution in [0.5, 0.6) is 0 Å². The predicted octanol–water partition coefficient (Wildman–Crippen LogP) is 2.72. The Morgan fingerprint density at radius 1 is 1.33 bits per heavy atom. The van der Waals surface area contributed by atoms with Crippen LogP contribution in [0.3, 0.4) is 0 Å². The molecular formula is C11H12ClN3. The van der Waals surface area contributed by atoms with Gasteiger partial charge in [-0.25, -0.2) is 4.98 Å². The molecule has 78 valence electrons. The van der Waals surface area contributed by atoms with Gasteiger partial charge in [0.05, 0.1) is 5.69 Å². The van der Waals surface area contributed by atoms with Gasteiger partial charge in [-0.15, -0.1) is 0 Å². The van der Waals surface area contributed by atoms with Crippen LogP contribution in [0, 0.1) is 13.8 Å². The summed E-state index contributed by atoms with van der Waals surface area (Å²) in [7, 11) is 0. The molecule has 0 saturated heterocycles. The Labute approximate surface area is 93.5 Å². The van der Waals surface area contributed by atoms with Crippen LogP contribution in [0.4, 0.5) is 5.95 Å². The molecule has 0 saturated carbocycles. The number of anilines is 1. The van der Waals surface area contributed by atoms with Crippen molar-refractivity contribution in [1.82, 2.24) is 9.55 Å². The molecule has 1 aromatic carbocycles. The Hall–Kier alpha value is -1.48. The van der Waals surface area contributed by atoms with Crippen LogP contribution in [0.25, 0.3) is 5.69 Å². The number of imidazole rings is 1. The highest BCUT2D eigenvalue weighted by atomic mass is 35.5. The Balaban J connectivity index is 2.54. The zero-order chi connectivity index (χ0) is 11.0. The van der Waals surface area contributed by atoms with E-state index in [1.54, 1.807) is 0 Å². The molecule has 0 spiro atoms. The summed E-state index contributed by atoms with van der Waals surface area (Å²) in [5.41, 5.74) is 8.65. The lowest BCUT2D eigenvalue weighted by molar-refractivity contribution is 1.07. The maximum absolute atomic E-state index is 6.05. The molecule has 0 fully saturated rings. The summed E-state index contributed by atoms with van der Waals surface area (Å²) in [4.78, 5) is 4.14. The minimum Gasteiger partial charge on any atom is -0.369 e. The maximum Gasteiger partial charge on any atom is 0.205 e. The van der Waals surface area contributed by atoms with Crippen molar-refractivity contribution in [3.05, 3.63) is 40.7 Å². The van der Waals surface area contributed by atoms with Crippen LogP contribution in [0.15, 0.2) is 24.4 Å². The normalized spacial score (nSPS) is 10.6. The van der Waals surface area contributed by atoms with E-state index in [1.165, 1.54) is 0 Å². The first-order chi connectivity index (χ1) is 7.08. The summed E-state index contributed by atoms with van der Waals surface area (Å²) in [6.07, 6.45) is 1.89. The molecule has 0 aliphatic rings. The molecule has 0 amide bonds. The first-order valence-electron chi connectivity index (χ1n) is 4.66. The minimum absolute atomic E-state index is 0.479. The summed E-state index contributed by atoms with van der Waals surface area (Å²) >= 11 is 6.05. The molecule has 0 aliphatic carbocycles. The van der Waals surface area contributed by atoms with E-state index in [0.29, 0.717) is 5.95 Å². The van der Waals surface area contributed by atoms with Crippen molar-refractivity contribution >= 4 is 17.5 Å². The van der Waals surface area contributed by atoms with Crippen LogP contribution < -0.4 is 5.73 Å². The highest BCUT2D eigenvalue weighted by Crippen LogP contribution is 2.21. The standard InChI is InChI=1S/C11H12ClN3/c1-7-3-4-9(5-10(7)12)15-6-8(2)14-11(15)13/h3-6H,1-2H3,(H2,13,14). The van der Waals surface area contributed by atoms with Crippen LogP contribution in [0.1, 0.15) is 11.3 Å². The number of aromatic nitrogens is 2. The molecule has 0 atom stereocenters. The van der Waals surface area contributed by atoms with E-state index >= 15 is 0 Å². The summed E-state index contributed by atoms with van der Waals surface area (Å²) in [6.45, 7) is 3.87. The minimum atomic E-state index is 0.479. The molecule has 0 radical (unpaired) electrons. The molecule has 15 heavy (non-hydrogen) atoms. The molecule has 1 aromatic heterocycles. The quantitative estimate of drug-likeness (QED) is 0.805. The van der Waals surface area contributed by atoms with Gasteiger partial charge in [-0.05, 0) is 31.5 Å². The first kappa shape index (κ1) is 10.1. The van der Waals surface area contributed by atoms with Crippen LogP contribution in [-0.4, -0.2) is 9.55 Å². The van der Waals surface area contributed by atoms with Gasteiger partial charge in [-0.2, -0.15) is 0 Å². The van der Waals surface area contributed by atoms with Crippen molar-refractivity contribution < 1.29 is 0 Å². The van der Waals surface area contributed by atoms with Crippen molar-refractivity contribution in [2.45, 2.75) is 13.8 Å². The SMILES string of the molecule is Cc1cn(-c2ccc(C)c(Cl)c2)c(N)n1. The number of hydrogen-bond acceptors (Lipinski definition) is 2. The molecule has 2 rings (SSSR count). The van der Waals surface area contributed by atoms with Crippen LogP contribution >= 0.6 is 11.6 Å². The van der Waals surface area contributed by atoms with E-state index < -0.39 is 0 Å². The van der Waals surface area contributed by atoms with Crippen LogP contribution in [0.2, 0.25) is 5.02 Å². The second-order valence-electron chi connectivity index (χ2n) is 3.54. The number of benzene rings is 1. The molecule has 0 bridgehead atoms. The fourth-order valence-corrected chi connectivity index (χ4v) is 1.63. The topological polar surface area (TPSA) is 43.8 Å². The molecule has 2 aromatic rings. The molecule has 1 heterocycles. The third kappa shape index (κ3) is 1.83. The second-order valence-corrected chi connectivity index (χ2v) is 3.95. The van der Waals surface area contributed by atoms with Crippen molar-refractivity contribution in [1.29, 1.82) is 0 Å². The van der Waals surface area contributed by atoms with E-state index in [9.17, 15) is 0 Å². The van der Waals surface area contributed by atoms with Gasteiger partial charge in [-0.1, -0.05) is 17.7 Å². The lowest BCUT2D eigenvalue weighted by Crippen LogP contribution is -1.99. The largest absolute Gasteiger partial charge is 0.369 e. The number of aryl methyl sites for hydroxylation is 2. The highest BCUT2D eigenvalue weighted by molar-refractivity contribution is 6.31. The van der Waals surface area contributed by atoms with Gasteiger partial charge in [-0.3, -0.25) is 4.57 Å². The van der Waals surface area contributed by atoms with Gasteiger partial charge in [0.1, 0.15) is 0 Å². The van der Waals surface area contributed by atoms with E-state index in [4.69, 9.17) is 17.3 Å². The van der Waals surface area contributed by atoms with Gasteiger partial charge in [0.15, 0.2) is 0 Å². The molecule has 2 N–H and O–H groups in total. The van der Waals surface area contributed by atoms with Crippen LogP contribution in [-0.2, 0) is 0 Å². The molecular weight excluding hydrogens is 210 g/mol. The number of hydrogen-bond donors (Lipinski definition) is 1. The number of rotatable bonds is 1. The third-order valence-electron chi connectivity index (χ3n) is 2.29. The van der Waals surface area contributed by atoms with Gasteiger partial charge >= 0.3 is 0 Å². The molecule has 0 aliphatic heterocycles. The molecule has 4 heteroatoms. The Morgan fingerprint density at radius 2 is 2.07 bits per heavy atom. The van der Waals surface area contributed by atoms with Crippen molar-refractivity contribution in [2.24, 2.45) is 0 Å². The van der Waals surface area contributed by atoms with E-state index in [-0.39, 0.29) is 0 Å². The van der Waals surface area contributed by atoms with E-state index in [2.05, 4.69) is 4.98 Å². The monoisotopic (exact) mass is 221 g/mol. The highest BCUT2D eigenvalue weighted by Gasteiger charge is 2.05. The smallest absolute Gasteiger partial charge is 0.205 e. The Kier molecular flexibility index (Phi) is 2.40. The second kappa shape index (κ2) is 3.59. The zero-order valence-corrected chi connectivity index (χ0v) is 9.42. The first-order valence-corrected chi connectivity index (χ1v) is 5.03. The van der Waals surface area contributed by atoms with Crippen molar-refractivity contribution in [3.63, 3.8) is 0 Å². The molecule has 3 nitrogen and oxygen atoms in total. The number of halogens is 1.